The molecule has 2 aromatic rings. The number of aliphatic carboxylic acids is 1. The summed E-state index contributed by atoms with van der Waals surface area (Å²) in [6, 6.07) is 14.5. The minimum absolute atomic E-state index is 0.0785. The smallest absolute Gasteiger partial charge is 0.407 e. The first-order valence-corrected chi connectivity index (χ1v) is 9.22. The maximum atomic E-state index is 12.1. The van der Waals surface area contributed by atoms with Gasteiger partial charge in [0.25, 0.3) is 5.24 Å². The van der Waals surface area contributed by atoms with Crippen LogP contribution in [0.2, 0.25) is 0 Å². The summed E-state index contributed by atoms with van der Waals surface area (Å²) in [5.74, 6) is -1.56. The fourth-order valence-corrected chi connectivity index (χ4v) is 3.68. The van der Waals surface area contributed by atoms with Gasteiger partial charge in [-0.05, 0) is 22.3 Å². The molecule has 140 valence electrons. The van der Waals surface area contributed by atoms with Crippen molar-refractivity contribution in [1.29, 1.82) is 0 Å². The zero-order valence-electron chi connectivity index (χ0n) is 14.3. The number of carboxylic acid groups (broad SMARTS) is 1. The number of carbonyl (C=O) groups excluding carboxylic acids is 2. The summed E-state index contributed by atoms with van der Waals surface area (Å²) in [6.07, 6.45) is -0.852. The van der Waals surface area contributed by atoms with Crippen molar-refractivity contribution in [2.45, 2.75) is 12.0 Å². The number of hydrogen-bond donors (Lipinski definition) is 3. The minimum atomic E-state index is -1.27. The molecular formula is C19H18N2O5S. The highest BCUT2D eigenvalue weighted by molar-refractivity contribution is 8.13. The number of amides is 2. The quantitative estimate of drug-likeness (QED) is 0.702. The highest BCUT2D eigenvalue weighted by Crippen LogP contribution is 2.44. The van der Waals surface area contributed by atoms with Gasteiger partial charge in [-0.2, -0.15) is 0 Å². The van der Waals surface area contributed by atoms with Crippen LogP contribution >= 0.6 is 11.8 Å². The van der Waals surface area contributed by atoms with Crippen molar-refractivity contribution in [2.24, 2.45) is 5.73 Å². The lowest BCUT2D eigenvalue weighted by atomic mass is 9.98. The van der Waals surface area contributed by atoms with E-state index in [1.165, 1.54) is 0 Å². The van der Waals surface area contributed by atoms with Crippen LogP contribution in [0.3, 0.4) is 0 Å². The Balaban J connectivity index is 1.67. The Labute approximate surface area is 159 Å². The number of thioether (sulfide) groups is 1. The predicted octanol–water partition coefficient (Wildman–Crippen LogP) is 2.79. The number of primary amides is 1. The lowest BCUT2D eigenvalue weighted by Crippen LogP contribution is -2.43. The molecular weight excluding hydrogens is 368 g/mol. The van der Waals surface area contributed by atoms with Gasteiger partial charge in [-0.15, -0.1) is 0 Å². The summed E-state index contributed by atoms with van der Waals surface area (Å²) in [7, 11) is 0. The molecule has 0 saturated heterocycles. The van der Waals surface area contributed by atoms with Crippen LogP contribution in [0.1, 0.15) is 17.0 Å². The first kappa shape index (κ1) is 18.8. The lowest BCUT2D eigenvalue weighted by molar-refractivity contribution is -0.138. The number of nitrogens with one attached hydrogen (secondary N) is 1. The van der Waals surface area contributed by atoms with Crippen molar-refractivity contribution in [1.82, 2.24) is 5.32 Å². The fourth-order valence-electron chi connectivity index (χ4n) is 3.12. The first-order valence-electron chi connectivity index (χ1n) is 8.24. The molecule has 2 amide bonds. The third-order valence-electron chi connectivity index (χ3n) is 4.33. The van der Waals surface area contributed by atoms with Crippen molar-refractivity contribution < 1.29 is 24.2 Å². The number of nitrogens with two attached hydrogens (primary N) is 1. The molecule has 0 saturated carbocycles. The molecule has 8 heteroatoms. The van der Waals surface area contributed by atoms with E-state index < -0.39 is 23.3 Å². The Kier molecular flexibility index (Phi) is 5.66. The summed E-state index contributed by atoms with van der Waals surface area (Å²) in [4.78, 5) is 34.1. The van der Waals surface area contributed by atoms with Gasteiger partial charge < -0.3 is 20.9 Å². The monoisotopic (exact) mass is 386 g/mol. The number of carbonyl (C=O) groups is 3. The second kappa shape index (κ2) is 8.13. The van der Waals surface area contributed by atoms with E-state index in [0.717, 1.165) is 22.3 Å². The van der Waals surface area contributed by atoms with E-state index in [-0.39, 0.29) is 18.3 Å². The third-order valence-corrected chi connectivity index (χ3v) is 5.11. The molecule has 7 nitrogen and oxygen atoms in total. The van der Waals surface area contributed by atoms with Gasteiger partial charge in [0.1, 0.15) is 12.6 Å². The summed E-state index contributed by atoms with van der Waals surface area (Å²) < 4.78 is 5.29. The van der Waals surface area contributed by atoms with Crippen LogP contribution in [0.25, 0.3) is 11.1 Å². The highest BCUT2D eigenvalue weighted by Gasteiger charge is 2.29. The second-order valence-corrected chi connectivity index (χ2v) is 7.02. The second-order valence-electron chi connectivity index (χ2n) is 5.99. The van der Waals surface area contributed by atoms with Crippen LogP contribution in [0.5, 0.6) is 0 Å². The maximum Gasteiger partial charge on any atom is 0.407 e. The molecule has 0 radical (unpaired) electrons. The average Bonchev–Trinajstić information content (AvgIpc) is 2.97. The summed E-state index contributed by atoms with van der Waals surface area (Å²) in [5.41, 5.74) is 9.31. The van der Waals surface area contributed by atoms with Crippen LogP contribution in [0, 0.1) is 0 Å². The molecule has 0 fully saturated rings. The fraction of sp³-hybridized carbons (Fsp3) is 0.211. The number of fused-ring (bicyclic) bond motifs is 3. The number of hydrogen-bond acceptors (Lipinski definition) is 5. The average molecular weight is 386 g/mol. The zero-order chi connectivity index (χ0) is 19.4. The Morgan fingerprint density at radius 1 is 1.07 bits per heavy atom. The summed E-state index contributed by atoms with van der Waals surface area (Å²) in [6.45, 7) is 0.0785. The van der Waals surface area contributed by atoms with E-state index in [1.54, 1.807) is 0 Å². The van der Waals surface area contributed by atoms with Crippen LogP contribution in [-0.2, 0) is 9.53 Å². The minimum Gasteiger partial charge on any atom is -0.480 e. The SMILES string of the molecule is NC(=O)SC[C@@H](NC(=O)OCC1c2ccccc2-c2ccccc21)C(=O)O. The van der Waals surface area contributed by atoms with Crippen LogP contribution in [0.15, 0.2) is 48.5 Å². The van der Waals surface area contributed by atoms with Crippen molar-refractivity contribution in [3.05, 3.63) is 59.7 Å². The standard InChI is InChI=1S/C19H18N2O5S/c20-18(24)27-10-16(17(22)23)21-19(25)26-9-15-13-7-3-1-5-11(13)12-6-2-4-8-14(12)15/h1-8,15-16H,9-10H2,(H2,20,24)(H,21,25)(H,22,23)/t16-/m1/s1. The van der Waals surface area contributed by atoms with Crippen LogP contribution in [-0.4, -0.2) is 40.8 Å². The van der Waals surface area contributed by atoms with Gasteiger partial charge in [0.15, 0.2) is 0 Å². The van der Waals surface area contributed by atoms with Crippen molar-refractivity contribution >= 4 is 29.1 Å². The molecule has 0 aliphatic heterocycles. The molecule has 4 N–H and O–H groups in total. The van der Waals surface area contributed by atoms with Crippen molar-refractivity contribution in [2.75, 3.05) is 12.4 Å². The van der Waals surface area contributed by atoms with Crippen molar-refractivity contribution in [3.63, 3.8) is 0 Å². The van der Waals surface area contributed by atoms with Gasteiger partial charge in [0, 0.05) is 11.7 Å². The number of rotatable bonds is 6. The summed E-state index contributed by atoms with van der Waals surface area (Å²) in [5, 5.41) is 10.7. The number of ether oxygens (including phenoxy) is 1. The van der Waals surface area contributed by atoms with Crippen LogP contribution in [0.4, 0.5) is 9.59 Å². The Morgan fingerprint density at radius 2 is 1.63 bits per heavy atom. The molecule has 0 heterocycles. The molecule has 0 bridgehead atoms. The van der Waals surface area contributed by atoms with Crippen LogP contribution < -0.4 is 11.1 Å². The van der Waals surface area contributed by atoms with Gasteiger partial charge in [-0.1, -0.05) is 60.3 Å². The van der Waals surface area contributed by atoms with Gasteiger partial charge in [-0.25, -0.2) is 9.59 Å². The molecule has 0 aromatic heterocycles. The molecule has 27 heavy (non-hydrogen) atoms. The van der Waals surface area contributed by atoms with E-state index >= 15 is 0 Å². The van der Waals surface area contributed by atoms with E-state index in [9.17, 15) is 14.4 Å². The van der Waals surface area contributed by atoms with Crippen molar-refractivity contribution in [3.8, 4) is 11.1 Å². The van der Waals surface area contributed by atoms with E-state index in [1.807, 2.05) is 48.5 Å². The van der Waals surface area contributed by atoms with E-state index in [4.69, 9.17) is 15.6 Å². The van der Waals surface area contributed by atoms with E-state index in [0.29, 0.717) is 11.8 Å². The molecule has 0 spiro atoms. The maximum absolute atomic E-state index is 12.1. The molecule has 1 aliphatic rings. The highest BCUT2D eigenvalue weighted by atomic mass is 32.2. The molecule has 1 aliphatic carbocycles. The predicted molar refractivity (Wildman–Crippen MR) is 102 cm³/mol. The molecule has 2 aromatic carbocycles. The Hall–Kier alpha value is -3.00. The Bertz CT molecular complexity index is 840. The molecule has 3 rings (SSSR count). The van der Waals surface area contributed by atoms with Gasteiger partial charge >= 0.3 is 12.1 Å². The van der Waals surface area contributed by atoms with E-state index in [2.05, 4.69) is 5.32 Å². The third kappa shape index (κ3) is 4.22. The largest absolute Gasteiger partial charge is 0.480 e. The van der Waals surface area contributed by atoms with Gasteiger partial charge in [0.05, 0.1) is 0 Å². The number of alkyl carbamates (subject to hydrolysis) is 1. The normalized spacial score (nSPS) is 13.3. The molecule has 0 unspecified atom stereocenters. The first-order chi connectivity index (χ1) is 13.0. The van der Waals surface area contributed by atoms with Gasteiger partial charge in [0.2, 0.25) is 0 Å². The summed E-state index contributed by atoms with van der Waals surface area (Å²) >= 11 is 0.622. The lowest BCUT2D eigenvalue weighted by Gasteiger charge is -2.17. The zero-order valence-corrected chi connectivity index (χ0v) is 15.1. The Morgan fingerprint density at radius 3 is 2.15 bits per heavy atom. The topological polar surface area (TPSA) is 119 Å². The number of carboxylic acids is 1. The van der Waals surface area contributed by atoms with Gasteiger partial charge in [-0.3, -0.25) is 4.79 Å². The molecule has 1 atom stereocenters. The number of benzene rings is 2.